The molecule has 1 aliphatic rings. The number of likely N-dealkylation sites (N-methyl/N-ethyl adjacent to an activating group) is 1. The molecule has 2 aromatic rings. The van der Waals surface area contributed by atoms with Gasteiger partial charge >= 0.3 is 0 Å². The molecule has 0 bridgehead atoms. The summed E-state index contributed by atoms with van der Waals surface area (Å²) in [4.78, 5) is 17.0. The smallest absolute Gasteiger partial charge is 0.226 e. The molecule has 0 saturated carbocycles. The summed E-state index contributed by atoms with van der Waals surface area (Å²) < 4.78 is 15.2. The second-order valence-corrected chi connectivity index (χ2v) is 7.50. The average molecular weight is 372 g/mol. The van der Waals surface area contributed by atoms with Crippen molar-refractivity contribution in [1.82, 2.24) is 19.6 Å². The predicted molar refractivity (Wildman–Crippen MR) is 104 cm³/mol. The number of nitrogens with zero attached hydrogens (tertiary/aromatic N) is 4. The molecule has 0 unspecified atom stereocenters. The van der Waals surface area contributed by atoms with Crippen molar-refractivity contribution in [1.29, 1.82) is 0 Å². The molecule has 1 aromatic heterocycles. The molecule has 146 valence electrons. The third-order valence-electron chi connectivity index (χ3n) is 5.51. The highest BCUT2D eigenvalue weighted by atomic mass is 19.1. The number of benzene rings is 1. The van der Waals surface area contributed by atoms with E-state index < -0.39 is 0 Å². The van der Waals surface area contributed by atoms with Crippen LogP contribution < -0.4 is 0 Å². The highest BCUT2D eigenvalue weighted by molar-refractivity contribution is 5.78. The summed E-state index contributed by atoms with van der Waals surface area (Å²) in [5.41, 5.74) is 1.93. The van der Waals surface area contributed by atoms with E-state index in [2.05, 4.69) is 23.1 Å². The molecule has 0 radical (unpaired) electrons. The number of aryl methyl sites for hydroxylation is 1. The number of likely N-dealkylation sites (tertiary alicyclic amines) is 1. The molecular formula is C21H29FN4O. The minimum atomic E-state index is -0.300. The third kappa shape index (κ3) is 4.75. The molecular weight excluding hydrogens is 343 g/mol. The molecule has 0 spiro atoms. The Balaban J connectivity index is 1.70. The molecule has 2 atom stereocenters. The van der Waals surface area contributed by atoms with Crippen LogP contribution in [0.25, 0.3) is 0 Å². The molecule has 6 heteroatoms. The number of carbonyl (C=O) groups is 1. The zero-order valence-corrected chi connectivity index (χ0v) is 16.4. The van der Waals surface area contributed by atoms with E-state index in [4.69, 9.17) is 0 Å². The number of halogens is 1. The Morgan fingerprint density at radius 1 is 1.41 bits per heavy atom. The standard InChI is InChI=1S/C21H29FN4O/c1-4-26-10-6-8-17(21(26)18-13-23-25(3)15-18)14-24(2)20(27)12-16-7-5-9-19(22)11-16/h5,7,9,11,13,15,17,21H,4,6,8,10,12,14H2,1-3H3/t17-,21+/m0/s1. The van der Waals surface area contributed by atoms with Gasteiger partial charge < -0.3 is 4.90 Å². The van der Waals surface area contributed by atoms with Gasteiger partial charge in [-0.1, -0.05) is 19.1 Å². The van der Waals surface area contributed by atoms with Crippen molar-refractivity contribution >= 4 is 5.91 Å². The van der Waals surface area contributed by atoms with E-state index in [1.165, 1.54) is 17.7 Å². The maximum absolute atomic E-state index is 13.4. The molecule has 0 aliphatic carbocycles. The lowest BCUT2D eigenvalue weighted by molar-refractivity contribution is -0.130. The van der Waals surface area contributed by atoms with Crippen LogP contribution in [-0.4, -0.2) is 52.2 Å². The Hall–Kier alpha value is -2.21. The summed E-state index contributed by atoms with van der Waals surface area (Å²) in [5, 5.41) is 4.35. The summed E-state index contributed by atoms with van der Waals surface area (Å²) in [6, 6.07) is 6.56. The molecule has 5 nitrogen and oxygen atoms in total. The van der Waals surface area contributed by atoms with Crippen molar-refractivity contribution in [3.63, 3.8) is 0 Å². The third-order valence-corrected chi connectivity index (χ3v) is 5.51. The van der Waals surface area contributed by atoms with Crippen molar-refractivity contribution in [3.05, 3.63) is 53.6 Å². The van der Waals surface area contributed by atoms with Crippen LogP contribution in [0.1, 0.15) is 36.9 Å². The van der Waals surface area contributed by atoms with Crippen LogP contribution in [0.3, 0.4) is 0 Å². The minimum absolute atomic E-state index is 0.0270. The minimum Gasteiger partial charge on any atom is -0.345 e. The Labute approximate surface area is 160 Å². The van der Waals surface area contributed by atoms with Gasteiger partial charge in [0, 0.05) is 38.4 Å². The Bertz CT molecular complexity index is 775. The quantitative estimate of drug-likeness (QED) is 0.783. The van der Waals surface area contributed by atoms with Crippen LogP contribution in [0, 0.1) is 11.7 Å². The summed E-state index contributed by atoms with van der Waals surface area (Å²) in [6.07, 6.45) is 6.49. The number of amides is 1. The van der Waals surface area contributed by atoms with Gasteiger partial charge in [0.15, 0.2) is 0 Å². The van der Waals surface area contributed by atoms with E-state index in [1.807, 2.05) is 25.0 Å². The zero-order valence-electron chi connectivity index (χ0n) is 16.4. The lowest BCUT2D eigenvalue weighted by Gasteiger charge is -2.42. The Kier molecular flexibility index (Phi) is 6.26. The van der Waals surface area contributed by atoms with Gasteiger partial charge in [0.25, 0.3) is 0 Å². The van der Waals surface area contributed by atoms with Crippen LogP contribution in [0.2, 0.25) is 0 Å². The van der Waals surface area contributed by atoms with Crippen molar-refractivity contribution in [3.8, 4) is 0 Å². The van der Waals surface area contributed by atoms with Gasteiger partial charge in [-0.2, -0.15) is 5.10 Å². The van der Waals surface area contributed by atoms with Crippen LogP contribution in [0.15, 0.2) is 36.7 Å². The normalized spacial score (nSPS) is 20.6. The number of hydrogen-bond acceptors (Lipinski definition) is 3. The van der Waals surface area contributed by atoms with E-state index in [1.54, 1.807) is 17.0 Å². The van der Waals surface area contributed by atoms with Crippen molar-refractivity contribution in [2.24, 2.45) is 13.0 Å². The van der Waals surface area contributed by atoms with E-state index in [0.717, 1.165) is 31.5 Å². The summed E-state index contributed by atoms with van der Waals surface area (Å²) in [7, 11) is 3.79. The maximum Gasteiger partial charge on any atom is 0.226 e. The topological polar surface area (TPSA) is 41.4 Å². The van der Waals surface area contributed by atoms with Crippen LogP contribution >= 0.6 is 0 Å². The molecule has 1 aromatic carbocycles. The first kappa shape index (κ1) is 19.5. The molecule has 1 saturated heterocycles. The van der Waals surface area contributed by atoms with Gasteiger partial charge in [0.05, 0.1) is 12.6 Å². The molecule has 3 rings (SSSR count). The second-order valence-electron chi connectivity index (χ2n) is 7.50. The fourth-order valence-corrected chi connectivity index (χ4v) is 4.18. The number of carbonyl (C=O) groups excluding carboxylic acids is 1. The van der Waals surface area contributed by atoms with Gasteiger partial charge in [-0.25, -0.2) is 4.39 Å². The molecule has 1 amide bonds. The predicted octanol–water partition coefficient (Wildman–Crippen LogP) is 3.03. The van der Waals surface area contributed by atoms with Crippen LogP contribution in [0.4, 0.5) is 4.39 Å². The zero-order chi connectivity index (χ0) is 19.4. The molecule has 2 heterocycles. The van der Waals surface area contributed by atoms with Crippen LogP contribution in [-0.2, 0) is 18.3 Å². The number of piperidine rings is 1. The highest BCUT2D eigenvalue weighted by Crippen LogP contribution is 2.36. The molecule has 27 heavy (non-hydrogen) atoms. The highest BCUT2D eigenvalue weighted by Gasteiger charge is 2.33. The summed E-state index contributed by atoms with van der Waals surface area (Å²) in [5.74, 6) is 0.0916. The second kappa shape index (κ2) is 8.65. The lowest BCUT2D eigenvalue weighted by Crippen LogP contribution is -2.44. The van der Waals surface area contributed by atoms with Gasteiger partial charge in [-0.15, -0.1) is 0 Å². The molecule has 0 N–H and O–H groups in total. The SMILES string of the molecule is CCN1CCC[C@@H](CN(C)C(=O)Cc2cccc(F)c2)[C@@H]1c1cnn(C)c1. The Morgan fingerprint density at radius 2 is 2.22 bits per heavy atom. The largest absolute Gasteiger partial charge is 0.345 e. The number of aromatic nitrogens is 2. The van der Waals surface area contributed by atoms with E-state index in [0.29, 0.717) is 12.5 Å². The fraction of sp³-hybridized carbons (Fsp3) is 0.524. The van der Waals surface area contributed by atoms with E-state index >= 15 is 0 Å². The van der Waals surface area contributed by atoms with Crippen molar-refractivity contribution in [2.45, 2.75) is 32.2 Å². The van der Waals surface area contributed by atoms with Crippen LogP contribution in [0.5, 0.6) is 0 Å². The van der Waals surface area contributed by atoms with Crippen molar-refractivity contribution < 1.29 is 9.18 Å². The van der Waals surface area contributed by atoms with Gasteiger partial charge in [-0.05, 0) is 49.5 Å². The first-order valence-electron chi connectivity index (χ1n) is 9.69. The van der Waals surface area contributed by atoms with Gasteiger partial charge in [0.2, 0.25) is 5.91 Å². The van der Waals surface area contributed by atoms with Crippen molar-refractivity contribution in [2.75, 3.05) is 26.7 Å². The Morgan fingerprint density at radius 3 is 2.89 bits per heavy atom. The number of hydrogen-bond donors (Lipinski definition) is 0. The lowest BCUT2D eigenvalue weighted by atomic mass is 9.85. The molecule has 1 fully saturated rings. The number of rotatable bonds is 6. The first-order valence-corrected chi connectivity index (χ1v) is 9.69. The first-order chi connectivity index (χ1) is 13.0. The summed E-state index contributed by atoms with van der Waals surface area (Å²) in [6.45, 7) is 4.94. The maximum atomic E-state index is 13.4. The monoisotopic (exact) mass is 372 g/mol. The van der Waals surface area contributed by atoms with Gasteiger partial charge in [-0.3, -0.25) is 14.4 Å². The summed E-state index contributed by atoms with van der Waals surface area (Å²) >= 11 is 0. The molecule has 1 aliphatic heterocycles. The fourth-order valence-electron chi connectivity index (χ4n) is 4.18. The van der Waals surface area contributed by atoms with Gasteiger partial charge in [0.1, 0.15) is 5.82 Å². The van der Waals surface area contributed by atoms with E-state index in [9.17, 15) is 9.18 Å². The van der Waals surface area contributed by atoms with E-state index in [-0.39, 0.29) is 24.2 Å². The average Bonchev–Trinajstić information content (AvgIpc) is 3.07.